The molecule has 5 nitrogen and oxygen atoms in total. The molecule has 19 heavy (non-hydrogen) atoms. The fraction of sp³-hybridized carbons (Fsp3) is 0.429. The van der Waals surface area contributed by atoms with E-state index in [1.165, 1.54) is 6.92 Å². The topological polar surface area (TPSA) is 78.4 Å². The van der Waals surface area contributed by atoms with Crippen LogP contribution in [-0.4, -0.2) is 30.0 Å². The summed E-state index contributed by atoms with van der Waals surface area (Å²) in [6.07, 6.45) is 2.16. The standard InChI is InChI=1S/C14H20N2O3/c1-10(17)16-13(14(19)15-2)5-3-4-11-6-8-12(18)9-7-11/h6-9,13,18H,3-5H2,1-2H3,(H,15,19)(H,16,17). The highest BCUT2D eigenvalue weighted by molar-refractivity contribution is 5.86. The van der Waals surface area contributed by atoms with Crippen LogP contribution in [0.3, 0.4) is 0 Å². The second-order valence-electron chi connectivity index (χ2n) is 4.43. The fourth-order valence-electron chi connectivity index (χ4n) is 1.86. The quantitative estimate of drug-likeness (QED) is 0.716. The summed E-state index contributed by atoms with van der Waals surface area (Å²) in [6, 6.07) is 6.49. The summed E-state index contributed by atoms with van der Waals surface area (Å²) in [4.78, 5) is 22.6. The Balaban J connectivity index is 2.45. The molecule has 1 atom stereocenters. The monoisotopic (exact) mass is 264 g/mol. The number of phenols is 1. The van der Waals surface area contributed by atoms with Crippen LogP contribution in [0.15, 0.2) is 24.3 Å². The first kappa shape index (κ1) is 15.0. The van der Waals surface area contributed by atoms with Gasteiger partial charge in [-0.2, -0.15) is 0 Å². The van der Waals surface area contributed by atoms with Gasteiger partial charge in [-0.3, -0.25) is 9.59 Å². The SMILES string of the molecule is CNC(=O)C(CCCc1ccc(O)cc1)NC(C)=O. The van der Waals surface area contributed by atoms with Gasteiger partial charge in [0.25, 0.3) is 0 Å². The van der Waals surface area contributed by atoms with Gasteiger partial charge in [0, 0.05) is 14.0 Å². The van der Waals surface area contributed by atoms with Crippen LogP contribution >= 0.6 is 0 Å². The van der Waals surface area contributed by atoms with Gasteiger partial charge < -0.3 is 15.7 Å². The van der Waals surface area contributed by atoms with Gasteiger partial charge in [0.05, 0.1) is 0 Å². The number of aryl methyl sites for hydroxylation is 1. The van der Waals surface area contributed by atoms with Crippen LogP contribution in [0.4, 0.5) is 0 Å². The minimum Gasteiger partial charge on any atom is -0.508 e. The molecule has 0 saturated heterocycles. The molecule has 0 fully saturated rings. The Labute approximate surface area is 113 Å². The number of hydrogen-bond acceptors (Lipinski definition) is 3. The van der Waals surface area contributed by atoms with E-state index in [0.29, 0.717) is 6.42 Å². The molecule has 0 saturated carbocycles. The Morgan fingerprint density at radius 1 is 1.26 bits per heavy atom. The second kappa shape index (κ2) is 7.41. The van der Waals surface area contributed by atoms with Crippen molar-refractivity contribution in [2.45, 2.75) is 32.2 Å². The van der Waals surface area contributed by atoms with E-state index in [1.54, 1.807) is 19.2 Å². The Kier molecular flexibility index (Phi) is 5.85. The number of rotatable bonds is 6. The summed E-state index contributed by atoms with van der Waals surface area (Å²) in [5, 5.41) is 14.3. The summed E-state index contributed by atoms with van der Waals surface area (Å²) >= 11 is 0. The third-order valence-electron chi connectivity index (χ3n) is 2.83. The smallest absolute Gasteiger partial charge is 0.242 e. The van der Waals surface area contributed by atoms with Gasteiger partial charge in [0.15, 0.2) is 0 Å². The maximum Gasteiger partial charge on any atom is 0.242 e. The van der Waals surface area contributed by atoms with E-state index in [2.05, 4.69) is 10.6 Å². The lowest BCUT2D eigenvalue weighted by Gasteiger charge is -2.16. The maximum absolute atomic E-state index is 11.6. The first-order valence-electron chi connectivity index (χ1n) is 6.29. The predicted molar refractivity (Wildman–Crippen MR) is 72.7 cm³/mol. The van der Waals surface area contributed by atoms with Crippen molar-refractivity contribution in [2.75, 3.05) is 7.05 Å². The third-order valence-corrected chi connectivity index (χ3v) is 2.83. The highest BCUT2D eigenvalue weighted by Gasteiger charge is 2.17. The van der Waals surface area contributed by atoms with Crippen molar-refractivity contribution in [1.29, 1.82) is 0 Å². The van der Waals surface area contributed by atoms with Crippen LogP contribution in [0, 0.1) is 0 Å². The molecule has 2 amide bonds. The first-order chi connectivity index (χ1) is 9.02. The normalized spacial score (nSPS) is 11.7. The molecule has 1 unspecified atom stereocenters. The molecular formula is C14H20N2O3. The van der Waals surface area contributed by atoms with E-state index in [1.807, 2.05) is 12.1 Å². The van der Waals surface area contributed by atoms with Crippen molar-refractivity contribution in [3.8, 4) is 5.75 Å². The molecule has 0 spiro atoms. The van der Waals surface area contributed by atoms with Gasteiger partial charge in [0.1, 0.15) is 11.8 Å². The zero-order chi connectivity index (χ0) is 14.3. The van der Waals surface area contributed by atoms with Crippen molar-refractivity contribution in [1.82, 2.24) is 10.6 Å². The lowest BCUT2D eigenvalue weighted by molar-refractivity contribution is -0.127. The molecule has 1 aromatic carbocycles. The van der Waals surface area contributed by atoms with Crippen LogP contribution in [-0.2, 0) is 16.0 Å². The zero-order valence-corrected chi connectivity index (χ0v) is 11.3. The predicted octanol–water partition coefficient (Wildman–Crippen LogP) is 0.966. The largest absolute Gasteiger partial charge is 0.508 e. The van der Waals surface area contributed by atoms with E-state index in [9.17, 15) is 14.7 Å². The summed E-state index contributed by atoms with van der Waals surface area (Å²) in [7, 11) is 1.55. The molecule has 5 heteroatoms. The lowest BCUT2D eigenvalue weighted by Crippen LogP contribution is -2.44. The van der Waals surface area contributed by atoms with Gasteiger partial charge in [-0.25, -0.2) is 0 Å². The van der Waals surface area contributed by atoms with Crippen LogP contribution < -0.4 is 10.6 Å². The van der Waals surface area contributed by atoms with E-state index in [-0.39, 0.29) is 17.6 Å². The van der Waals surface area contributed by atoms with Crippen molar-refractivity contribution in [3.63, 3.8) is 0 Å². The first-order valence-corrected chi connectivity index (χ1v) is 6.29. The van der Waals surface area contributed by atoms with Crippen molar-refractivity contribution in [3.05, 3.63) is 29.8 Å². The number of aromatic hydroxyl groups is 1. The molecular weight excluding hydrogens is 244 g/mol. The molecule has 104 valence electrons. The number of nitrogens with one attached hydrogen (secondary N) is 2. The van der Waals surface area contributed by atoms with E-state index in [4.69, 9.17) is 0 Å². The summed E-state index contributed by atoms with van der Waals surface area (Å²) in [5.41, 5.74) is 1.09. The molecule has 0 heterocycles. The number of phenolic OH excluding ortho intramolecular Hbond substituents is 1. The molecule has 3 N–H and O–H groups in total. The molecule has 1 rings (SSSR count). The summed E-state index contributed by atoms with van der Waals surface area (Å²) < 4.78 is 0. The molecule has 0 aromatic heterocycles. The Morgan fingerprint density at radius 2 is 1.89 bits per heavy atom. The number of likely N-dealkylation sites (N-methyl/N-ethyl adjacent to an activating group) is 1. The van der Waals surface area contributed by atoms with Gasteiger partial charge >= 0.3 is 0 Å². The highest BCUT2D eigenvalue weighted by atomic mass is 16.3. The summed E-state index contributed by atoms with van der Waals surface area (Å²) in [5.74, 6) is -0.149. The highest BCUT2D eigenvalue weighted by Crippen LogP contribution is 2.12. The maximum atomic E-state index is 11.6. The van der Waals surface area contributed by atoms with Crippen molar-refractivity contribution in [2.24, 2.45) is 0 Å². The van der Waals surface area contributed by atoms with Crippen LogP contribution in [0.1, 0.15) is 25.3 Å². The molecule has 0 aliphatic rings. The molecule has 0 bridgehead atoms. The molecule has 1 aromatic rings. The van der Waals surface area contributed by atoms with E-state index >= 15 is 0 Å². The number of carbonyl (C=O) groups excluding carboxylic acids is 2. The zero-order valence-electron chi connectivity index (χ0n) is 11.3. The van der Waals surface area contributed by atoms with Crippen LogP contribution in [0.2, 0.25) is 0 Å². The minimum absolute atomic E-state index is 0.180. The van der Waals surface area contributed by atoms with Crippen molar-refractivity contribution < 1.29 is 14.7 Å². The van der Waals surface area contributed by atoms with E-state index in [0.717, 1.165) is 18.4 Å². The number of carbonyl (C=O) groups is 2. The number of hydrogen-bond donors (Lipinski definition) is 3. The fourth-order valence-corrected chi connectivity index (χ4v) is 1.86. The average molecular weight is 264 g/mol. The summed E-state index contributed by atoms with van der Waals surface area (Å²) in [6.45, 7) is 1.40. The van der Waals surface area contributed by atoms with Gasteiger partial charge in [-0.05, 0) is 37.0 Å². The van der Waals surface area contributed by atoms with Gasteiger partial charge in [-0.15, -0.1) is 0 Å². The Morgan fingerprint density at radius 3 is 2.42 bits per heavy atom. The molecule has 0 aliphatic carbocycles. The Bertz CT molecular complexity index is 429. The second-order valence-corrected chi connectivity index (χ2v) is 4.43. The average Bonchev–Trinajstić information content (AvgIpc) is 2.38. The van der Waals surface area contributed by atoms with Crippen molar-refractivity contribution >= 4 is 11.8 Å². The van der Waals surface area contributed by atoms with Crippen LogP contribution in [0.25, 0.3) is 0 Å². The lowest BCUT2D eigenvalue weighted by atomic mass is 10.0. The number of amides is 2. The van der Waals surface area contributed by atoms with Gasteiger partial charge in [0.2, 0.25) is 11.8 Å². The van der Waals surface area contributed by atoms with Crippen LogP contribution in [0.5, 0.6) is 5.75 Å². The molecule has 0 aliphatic heterocycles. The van der Waals surface area contributed by atoms with E-state index < -0.39 is 6.04 Å². The van der Waals surface area contributed by atoms with Gasteiger partial charge in [-0.1, -0.05) is 12.1 Å². The number of benzene rings is 1. The molecule has 0 radical (unpaired) electrons. The Hall–Kier alpha value is -2.04. The third kappa shape index (κ3) is 5.42. The minimum atomic E-state index is -0.486.